The number of allylic oxidation sites excluding steroid dienone is 1. The molecule has 1 aliphatic carbocycles. The third-order valence-electron chi connectivity index (χ3n) is 5.19. The molecule has 0 bridgehead atoms. The molecule has 0 aliphatic heterocycles. The van der Waals surface area contributed by atoms with Gasteiger partial charge in [0.2, 0.25) is 0 Å². The number of benzene rings is 3. The number of hydrogen-bond acceptors (Lipinski definition) is 2. The largest absolute Gasteiger partial charge is 0.482 e. The summed E-state index contributed by atoms with van der Waals surface area (Å²) in [5, 5.41) is 1.53. The zero-order valence-electron chi connectivity index (χ0n) is 16.0. The van der Waals surface area contributed by atoms with Gasteiger partial charge in [-0.05, 0) is 76.9 Å². The quantitative estimate of drug-likeness (QED) is 0.361. The fraction of sp³-hybridized carbons (Fsp3) is 0.167. The van der Waals surface area contributed by atoms with E-state index in [2.05, 4.69) is 4.94 Å². The number of hydrogen-bond donors (Lipinski definition) is 1. The number of aryl methyl sites for hydroxylation is 1. The standard InChI is InChI=1S/C24H19F4NO/c25-24(26,27)29-19-11-9-16(10-12-19)21-8-4-7-18-15-20(30-28)13-14-22(18)23(21)17-5-2-1-3-6-17/h1-3,5-6,9-15,29H,4,7-8H2. The Balaban J connectivity index is 1.86. The van der Waals surface area contributed by atoms with Crippen LogP contribution in [-0.2, 0) is 6.42 Å². The van der Waals surface area contributed by atoms with Gasteiger partial charge < -0.3 is 0 Å². The van der Waals surface area contributed by atoms with Gasteiger partial charge in [-0.15, -0.1) is 0 Å². The smallest absolute Gasteiger partial charge is 0.298 e. The predicted molar refractivity (Wildman–Crippen MR) is 110 cm³/mol. The first kappa shape index (κ1) is 20.0. The highest BCUT2D eigenvalue weighted by molar-refractivity contribution is 6.00. The van der Waals surface area contributed by atoms with E-state index in [1.54, 1.807) is 24.3 Å². The summed E-state index contributed by atoms with van der Waals surface area (Å²) in [6.45, 7) is 0. The average Bonchev–Trinajstić information content (AvgIpc) is 2.92. The van der Waals surface area contributed by atoms with Gasteiger partial charge in [-0.3, -0.25) is 10.3 Å². The zero-order valence-corrected chi connectivity index (χ0v) is 16.0. The summed E-state index contributed by atoms with van der Waals surface area (Å²) in [5.41, 5.74) is 5.87. The first-order chi connectivity index (χ1) is 14.4. The molecule has 30 heavy (non-hydrogen) atoms. The fourth-order valence-corrected chi connectivity index (χ4v) is 3.95. The van der Waals surface area contributed by atoms with Crippen molar-refractivity contribution in [1.29, 1.82) is 0 Å². The van der Waals surface area contributed by atoms with Crippen molar-refractivity contribution in [1.82, 2.24) is 0 Å². The highest BCUT2D eigenvalue weighted by atomic mass is 19.4. The molecule has 3 aromatic rings. The van der Waals surface area contributed by atoms with Crippen molar-refractivity contribution in [3.05, 3.63) is 95.1 Å². The summed E-state index contributed by atoms with van der Waals surface area (Å²) >= 11 is 0. The highest BCUT2D eigenvalue weighted by Crippen LogP contribution is 2.41. The van der Waals surface area contributed by atoms with Crippen molar-refractivity contribution in [2.75, 3.05) is 5.32 Å². The van der Waals surface area contributed by atoms with Gasteiger partial charge in [-0.2, -0.15) is 13.2 Å². The molecule has 6 heteroatoms. The van der Waals surface area contributed by atoms with Crippen molar-refractivity contribution in [3.63, 3.8) is 0 Å². The Labute approximate surface area is 171 Å². The Bertz CT molecular complexity index is 1060. The molecule has 0 atom stereocenters. The summed E-state index contributed by atoms with van der Waals surface area (Å²) in [6.07, 6.45) is -2.15. The zero-order chi connectivity index (χ0) is 21.1. The molecule has 2 nitrogen and oxygen atoms in total. The molecule has 0 fully saturated rings. The van der Waals surface area contributed by atoms with E-state index in [4.69, 9.17) is 0 Å². The minimum absolute atomic E-state index is 0.00753. The molecular weight excluding hydrogens is 394 g/mol. The summed E-state index contributed by atoms with van der Waals surface area (Å²) in [7, 11) is 0. The molecule has 0 unspecified atom stereocenters. The molecule has 0 heterocycles. The van der Waals surface area contributed by atoms with Crippen molar-refractivity contribution in [3.8, 4) is 5.75 Å². The second-order valence-electron chi connectivity index (χ2n) is 7.17. The number of fused-ring (bicyclic) bond motifs is 1. The molecule has 0 spiro atoms. The minimum Gasteiger partial charge on any atom is -0.298 e. The number of nitrogens with one attached hydrogen (secondary N) is 1. The van der Waals surface area contributed by atoms with Gasteiger partial charge in [0.25, 0.3) is 0 Å². The number of anilines is 1. The molecule has 1 aliphatic rings. The summed E-state index contributed by atoms with van der Waals surface area (Å²) in [4.78, 5) is 3.91. The first-order valence-corrected chi connectivity index (χ1v) is 9.60. The second-order valence-corrected chi connectivity index (χ2v) is 7.17. The molecular formula is C24H19F4NO. The van der Waals surface area contributed by atoms with Crippen LogP contribution in [0, 0.1) is 0 Å². The van der Waals surface area contributed by atoms with Crippen LogP contribution in [-0.4, -0.2) is 6.30 Å². The minimum atomic E-state index is -4.48. The predicted octanol–water partition coefficient (Wildman–Crippen LogP) is 7.18. The van der Waals surface area contributed by atoms with Crippen molar-refractivity contribution >= 4 is 16.8 Å². The highest BCUT2D eigenvalue weighted by Gasteiger charge is 2.27. The van der Waals surface area contributed by atoms with E-state index < -0.39 is 6.30 Å². The maximum absolute atomic E-state index is 12.7. The van der Waals surface area contributed by atoms with Gasteiger partial charge in [0.15, 0.2) is 5.75 Å². The molecule has 0 aromatic heterocycles. The van der Waals surface area contributed by atoms with Crippen LogP contribution in [0.4, 0.5) is 23.4 Å². The fourth-order valence-electron chi connectivity index (χ4n) is 3.95. The number of rotatable bonds is 4. The lowest BCUT2D eigenvalue weighted by atomic mass is 9.88. The van der Waals surface area contributed by atoms with Crippen LogP contribution in [0.3, 0.4) is 0 Å². The van der Waals surface area contributed by atoms with Gasteiger partial charge in [-0.1, -0.05) is 48.5 Å². The Hall–Kier alpha value is -3.28. The van der Waals surface area contributed by atoms with Crippen LogP contribution in [0.2, 0.25) is 0 Å². The summed E-state index contributed by atoms with van der Waals surface area (Å²) < 4.78 is 50.5. The van der Waals surface area contributed by atoms with Crippen LogP contribution in [0.5, 0.6) is 5.75 Å². The van der Waals surface area contributed by atoms with E-state index >= 15 is 0 Å². The average molecular weight is 413 g/mol. The van der Waals surface area contributed by atoms with E-state index in [1.807, 2.05) is 36.4 Å². The number of halogens is 4. The Morgan fingerprint density at radius 2 is 1.53 bits per heavy atom. The maximum Gasteiger partial charge on any atom is 0.482 e. The van der Waals surface area contributed by atoms with Crippen LogP contribution < -0.4 is 10.3 Å². The first-order valence-electron chi connectivity index (χ1n) is 9.60. The van der Waals surface area contributed by atoms with Crippen LogP contribution in [0.1, 0.15) is 35.1 Å². The second kappa shape index (κ2) is 8.22. The molecule has 3 aromatic carbocycles. The Kier molecular flexibility index (Phi) is 5.48. The van der Waals surface area contributed by atoms with Gasteiger partial charge in [-0.25, -0.2) is 0 Å². The summed E-state index contributed by atoms with van der Waals surface area (Å²) in [6, 6.07) is 21.2. The third kappa shape index (κ3) is 4.32. The molecule has 1 N–H and O–H groups in total. The van der Waals surface area contributed by atoms with E-state index in [9.17, 15) is 17.7 Å². The lowest BCUT2D eigenvalue weighted by molar-refractivity contribution is -0.0999. The van der Waals surface area contributed by atoms with Gasteiger partial charge >= 0.3 is 6.30 Å². The third-order valence-corrected chi connectivity index (χ3v) is 5.19. The molecule has 0 saturated heterocycles. The van der Waals surface area contributed by atoms with Crippen LogP contribution in [0.25, 0.3) is 11.1 Å². The van der Waals surface area contributed by atoms with E-state index in [-0.39, 0.29) is 11.4 Å². The van der Waals surface area contributed by atoms with Crippen molar-refractivity contribution in [2.24, 2.45) is 0 Å². The summed E-state index contributed by atoms with van der Waals surface area (Å²) in [5.74, 6) is 0.159. The van der Waals surface area contributed by atoms with E-state index in [0.717, 1.165) is 52.7 Å². The van der Waals surface area contributed by atoms with Crippen molar-refractivity contribution < 1.29 is 22.6 Å². The van der Waals surface area contributed by atoms with Gasteiger partial charge in [0.05, 0.1) is 0 Å². The Morgan fingerprint density at radius 1 is 0.800 bits per heavy atom. The molecule has 154 valence electrons. The SMILES string of the molecule is FOc1ccc2c(c1)CCCC(c1ccc(NC(F)(F)F)cc1)=C2c1ccccc1. The molecule has 0 radical (unpaired) electrons. The molecule has 0 saturated carbocycles. The van der Waals surface area contributed by atoms with Crippen LogP contribution in [0.15, 0.2) is 72.8 Å². The Morgan fingerprint density at radius 3 is 2.20 bits per heavy atom. The monoisotopic (exact) mass is 413 g/mol. The molecule has 4 rings (SSSR count). The van der Waals surface area contributed by atoms with Gasteiger partial charge in [0, 0.05) is 10.2 Å². The topological polar surface area (TPSA) is 21.3 Å². The van der Waals surface area contributed by atoms with E-state index in [0.29, 0.717) is 0 Å². The lowest BCUT2D eigenvalue weighted by Crippen LogP contribution is -2.20. The number of alkyl halides is 3. The maximum atomic E-state index is 12.7. The normalized spacial score (nSPS) is 14.1. The molecule has 0 amide bonds. The van der Waals surface area contributed by atoms with Crippen LogP contribution >= 0.6 is 0 Å². The van der Waals surface area contributed by atoms with Gasteiger partial charge in [0.1, 0.15) is 0 Å². The van der Waals surface area contributed by atoms with Crippen molar-refractivity contribution in [2.45, 2.75) is 25.6 Å². The lowest BCUT2D eigenvalue weighted by Gasteiger charge is -2.17. The van der Waals surface area contributed by atoms with E-state index in [1.165, 1.54) is 17.4 Å².